The third-order valence-electron chi connectivity index (χ3n) is 8.43. The van der Waals surface area contributed by atoms with Gasteiger partial charge < -0.3 is 20.3 Å². The first-order valence-corrected chi connectivity index (χ1v) is 14.7. The summed E-state index contributed by atoms with van der Waals surface area (Å²) in [5, 5.41) is 10.0. The van der Waals surface area contributed by atoms with Crippen molar-refractivity contribution in [1.29, 1.82) is 0 Å². The Morgan fingerprint density at radius 2 is 1.13 bits per heavy atom. The molecule has 0 amide bonds. The van der Waals surface area contributed by atoms with Crippen molar-refractivity contribution in [3.05, 3.63) is 167 Å². The normalized spacial score (nSPS) is 13.1. The predicted molar refractivity (Wildman–Crippen MR) is 173 cm³/mol. The summed E-state index contributed by atoms with van der Waals surface area (Å²) >= 11 is 0. The zero-order chi connectivity index (χ0) is 32.1. The van der Waals surface area contributed by atoms with Crippen LogP contribution < -0.4 is 15.2 Å². The molecule has 0 aliphatic heterocycles. The second-order valence-corrected chi connectivity index (χ2v) is 11.3. The Labute approximate surface area is 264 Å². The van der Waals surface area contributed by atoms with Crippen LogP contribution in [-0.4, -0.2) is 5.11 Å². The van der Waals surface area contributed by atoms with Crippen LogP contribution in [0.3, 0.4) is 0 Å². The van der Waals surface area contributed by atoms with Crippen LogP contribution in [0.5, 0.6) is 28.7 Å². The molecule has 3 N–H and O–H groups in total. The molecule has 228 valence electrons. The fraction of sp³-hybridized carbons (Fsp3) is 0.0769. The Hall–Kier alpha value is -5.69. The molecule has 7 heteroatoms. The van der Waals surface area contributed by atoms with Gasteiger partial charge in [-0.25, -0.2) is 0 Å². The fourth-order valence-corrected chi connectivity index (χ4v) is 6.37. The molecule has 0 bridgehead atoms. The Morgan fingerprint density at radius 3 is 1.67 bits per heavy atom. The lowest BCUT2D eigenvalue weighted by atomic mass is 9.68. The highest BCUT2D eigenvalue weighted by molar-refractivity contribution is 5.86. The number of nitrogen functional groups attached to an aromatic ring is 1. The van der Waals surface area contributed by atoms with E-state index in [9.17, 15) is 18.3 Å². The molecule has 0 saturated heterocycles. The summed E-state index contributed by atoms with van der Waals surface area (Å²) < 4.78 is 53.2. The Morgan fingerprint density at radius 1 is 0.609 bits per heavy atom. The van der Waals surface area contributed by atoms with E-state index in [1.54, 1.807) is 37.3 Å². The van der Waals surface area contributed by atoms with Gasteiger partial charge in [-0.15, -0.1) is 0 Å². The Kier molecular flexibility index (Phi) is 6.97. The van der Waals surface area contributed by atoms with E-state index in [2.05, 4.69) is 24.3 Å². The highest BCUT2D eigenvalue weighted by Gasteiger charge is 2.46. The second kappa shape index (κ2) is 11.0. The third-order valence-corrected chi connectivity index (χ3v) is 8.43. The largest absolute Gasteiger partial charge is 0.506 e. The number of phenols is 1. The summed E-state index contributed by atoms with van der Waals surface area (Å²) in [6.45, 7) is 1.62. The number of benzene rings is 6. The maximum atomic E-state index is 13.8. The Bertz CT molecular complexity index is 2020. The van der Waals surface area contributed by atoms with Gasteiger partial charge in [-0.05, 0) is 88.8 Å². The van der Waals surface area contributed by atoms with Gasteiger partial charge in [-0.1, -0.05) is 84.4 Å². The molecule has 0 radical (unpaired) electrons. The van der Waals surface area contributed by atoms with Crippen LogP contribution in [0, 0.1) is 6.92 Å². The number of aromatic hydroxyl groups is 1. The first kappa shape index (κ1) is 29.0. The van der Waals surface area contributed by atoms with Crippen molar-refractivity contribution < 1.29 is 27.8 Å². The Balaban J connectivity index is 1.32. The number of ether oxygens (including phenoxy) is 2. The van der Waals surface area contributed by atoms with Crippen molar-refractivity contribution in [2.24, 2.45) is 0 Å². The highest BCUT2D eigenvalue weighted by atomic mass is 19.4. The summed E-state index contributed by atoms with van der Waals surface area (Å²) in [7, 11) is 0. The van der Waals surface area contributed by atoms with Crippen LogP contribution in [-0.2, 0) is 11.6 Å². The van der Waals surface area contributed by atoms with Crippen LogP contribution in [0.4, 0.5) is 18.9 Å². The molecule has 6 aromatic rings. The van der Waals surface area contributed by atoms with Crippen molar-refractivity contribution in [3.8, 4) is 39.9 Å². The molecular weight excluding hydrogens is 587 g/mol. The molecule has 0 fully saturated rings. The van der Waals surface area contributed by atoms with E-state index in [-0.39, 0.29) is 17.2 Å². The first-order chi connectivity index (χ1) is 22.1. The van der Waals surface area contributed by atoms with Crippen LogP contribution >= 0.6 is 0 Å². The lowest BCUT2D eigenvalue weighted by Crippen LogP contribution is -2.28. The lowest BCUT2D eigenvalue weighted by Gasteiger charge is -2.34. The lowest BCUT2D eigenvalue weighted by molar-refractivity contribution is -0.138. The molecule has 0 aromatic heterocycles. The topological polar surface area (TPSA) is 64.7 Å². The number of hydrogen-bond donors (Lipinski definition) is 2. The number of fused-ring (bicyclic) bond motifs is 3. The minimum atomic E-state index is -4.55. The van der Waals surface area contributed by atoms with Crippen molar-refractivity contribution >= 4 is 5.69 Å². The molecule has 0 spiro atoms. The smallest absolute Gasteiger partial charge is 0.419 e. The van der Waals surface area contributed by atoms with Gasteiger partial charge in [-0.3, -0.25) is 0 Å². The monoisotopic (exact) mass is 615 g/mol. The minimum absolute atomic E-state index is 0.0586. The average molecular weight is 616 g/mol. The van der Waals surface area contributed by atoms with Crippen molar-refractivity contribution in [2.75, 3.05) is 5.73 Å². The maximum Gasteiger partial charge on any atom is 0.419 e. The number of aryl methyl sites for hydroxylation is 1. The number of halogens is 3. The summed E-state index contributed by atoms with van der Waals surface area (Å²) in [5.74, 6) is 1.01. The zero-order valence-electron chi connectivity index (χ0n) is 24.7. The van der Waals surface area contributed by atoms with E-state index in [0.717, 1.165) is 39.4 Å². The van der Waals surface area contributed by atoms with Gasteiger partial charge in [0.25, 0.3) is 0 Å². The second-order valence-electron chi connectivity index (χ2n) is 11.3. The zero-order valence-corrected chi connectivity index (χ0v) is 24.7. The van der Waals surface area contributed by atoms with Gasteiger partial charge in [0, 0.05) is 6.07 Å². The number of phenolic OH excluding ortho intramolecular Hbond substituents is 1. The van der Waals surface area contributed by atoms with Gasteiger partial charge in [-0.2, -0.15) is 13.2 Å². The summed E-state index contributed by atoms with van der Waals surface area (Å²) in [4.78, 5) is 0. The molecule has 0 atom stereocenters. The van der Waals surface area contributed by atoms with Crippen molar-refractivity contribution in [3.63, 3.8) is 0 Å². The standard InChI is InChI=1S/C39H28F3NO3/c1-24-10-21-37(34(22-24)39(40,41)42)46-28-17-13-26(14-18-28)38(32-8-4-2-6-30(32)31-7-3-5-9-33(31)38)25-11-15-27(16-12-25)45-29-19-20-35(43)36(44)23-29/h2-23,44H,43H2,1H3. The van der Waals surface area contributed by atoms with E-state index < -0.39 is 17.2 Å². The quantitative estimate of drug-likeness (QED) is 0.144. The molecule has 46 heavy (non-hydrogen) atoms. The average Bonchev–Trinajstić information content (AvgIpc) is 3.35. The minimum Gasteiger partial charge on any atom is -0.506 e. The van der Waals surface area contributed by atoms with Gasteiger partial charge in [0.15, 0.2) is 0 Å². The summed E-state index contributed by atoms with van der Waals surface area (Å²) in [5.41, 5.74) is 11.2. The molecular formula is C39H28F3NO3. The number of rotatable bonds is 6. The maximum absolute atomic E-state index is 13.8. The molecule has 1 aliphatic carbocycles. The van der Waals surface area contributed by atoms with E-state index in [0.29, 0.717) is 22.8 Å². The van der Waals surface area contributed by atoms with Crippen molar-refractivity contribution in [1.82, 2.24) is 0 Å². The molecule has 1 aliphatic rings. The van der Waals surface area contributed by atoms with Crippen LogP contribution in [0.15, 0.2) is 133 Å². The number of nitrogens with two attached hydrogens (primary N) is 1. The van der Waals surface area contributed by atoms with Crippen molar-refractivity contribution in [2.45, 2.75) is 18.5 Å². The SMILES string of the molecule is Cc1ccc(Oc2ccc(C3(c4ccc(Oc5ccc(N)c(O)c5)cc4)c4ccccc4-c4ccccc43)cc2)c(C(F)(F)F)c1. The third kappa shape index (κ3) is 4.90. The number of anilines is 1. The van der Waals surface area contributed by atoms with E-state index in [1.807, 2.05) is 60.7 Å². The number of alkyl halides is 3. The molecule has 0 saturated carbocycles. The summed E-state index contributed by atoms with van der Waals surface area (Å²) in [6.07, 6.45) is -4.55. The molecule has 7 rings (SSSR count). The van der Waals surface area contributed by atoms with Gasteiger partial charge in [0.05, 0.1) is 16.7 Å². The van der Waals surface area contributed by atoms with Crippen LogP contribution in [0.25, 0.3) is 11.1 Å². The van der Waals surface area contributed by atoms with Gasteiger partial charge >= 0.3 is 6.18 Å². The molecule has 6 aromatic carbocycles. The van der Waals surface area contributed by atoms with E-state index in [4.69, 9.17) is 15.2 Å². The molecule has 4 nitrogen and oxygen atoms in total. The van der Waals surface area contributed by atoms with E-state index >= 15 is 0 Å². The molecule has 0 heterocycles. The predicted octanol–water partition coefficient (Wildman–Crippen LogP) is 10.2. The van der Waals surface area contributed by atoms with Crippen LogP contribution in [0.1, 0.15) is 33.4 Å². The fourth-order valence-electron chi connectivity index (χ4n) is 6.37. The highest BCUT2D eigenvalue weighted by Crippen LogP contribution is 2.56. The van der Waals surface area contributed by atoms with Gasteiger partial charge in [0.2, 0.25) is 0 Å². The van der Waals surface area contributed by atoms with Crippen LogP contribution in [0.2, 0.25) is 0 Å². The van der Waals surface area contributed by atoms with Gasteiger partial charge in [0.1, 0.15) is 28.7 Å². The summed E-state index contributed by atoms with van der Waals surface area (Å²) in [6, 6.07) is 40.3. The molecule has 0 unspecified atom stereocenters. The van der Waals surface area contributed by atoms with E-state index in [1.165, 1.54) is 12.1 Å². The first-order valence-electron chi connectivity index (χ1n) is 14.7. The number of hydrogen-bond acceptors (Lipinski definition) is 4.